The number of nitrogens with two attached hydrogens (primary N) is 1. The molecule has 3 aliphatic carbocycles. The SMILES string of the molecule is CC(N)C1[C@H]2C[C@H]1C2C. The van der Waals surface area contributed by atoms with E-state index in [9.17, 15) is 0 Å². The standard InChI is InChI=1S/C8H15N/c1-4-6-3-7(4)8(6)5(2)9/h4-8H,3,9H2,1-2H3/t4?,5?,6-,7-,8?/m0/s1. The maximum Gasteiger partial charge on any atom is 0.00442 e. The summed E-state index contributed by atoms with van der Waals surface area (Å²) in [5, 5.41) is 0. The minimum absolute atomic E-state index is 0.463. The van der Waals surface area contributed by atoms with Gasteiger partial charge in [-0.05, 0) is 37.0 Å². The molecule has 3 fully saturated rings. The van der Waals surface area contributed by atoms with Crippen molar-refractivity contribution < 1.29 is 0 Å². The van der Waals surface area contributed by atoms with Crippen molar-refractivity contribution in [2.75, 3.05) is 0 Å². The Morgan fingerprint density at radius 3 is 2.11 bits per heavy atom. The van der Waals surface area contributed by atoms with E-state index >= 15 is 0 Å². The van der Waals surface area contributed by atoms with Crippen LogP contribution in [0.2, 0.25) is 0 Å². The monoisotopic (exact) mass is 125 g/mol. The highest BCUT2D eigenvalue weighted by Gasteiger charge is 2.59. The van der Waals surface area contributed by atoms with Crippen molar-refractivity contribution >= 4 is 0 Å². The Kier molecular flexibility index (Phi) is 0.963. The van der Waals surface area contributed by atoms with Gasteiger partial charge in [-0.15, -0.1) is 0 Å². The zero-order valence-electron chi connectivity index (χ0n) is 6.17. The summed E-state index contributed by atoms with van der Waals surface area (Å²) in [5.74, 6) is 3.94. The van der Waals surface area contributed by atoms with Crippen LogP contribution in [-0.4, -0.2) is 6.04 Å². The van der Waals surface area contributed by atoms with E-state index in [1.54, 1.807) is 0 Å². The fraction of sp³-hybridized carbons (Fsp3) is 1.00. The van der Waals surface area contributed by atoms with Crippen LogP contribution in [0, 0.1) is 23.7 Å². The predicted octanol–water partition coefficient (Wildman–Crippen LogP) is 1.24. The summed E-state index contributed by atoms with van der Waals surface area (Å²) in [5.41, 5.74) is 5.78. The zero-order chi connectivity index (χ0) is 6.59. The molecule has 3 aliphatic rings. The van der Waals surface area contributed by atoms with Gasteiger partial charge in [0.05, 0.1) is 0 Å². The first-order valence-corrected chi connectivity index (χ1v) is 3.97. The number of hydrogen-bond acceptors (Lipinski definition) is 1. The minimum Gasteiger partial charge on any atom is -0.328 e. The van der Waals surface area contributed by atoms with Crippen molar-refractivity contribution in [1.29, 1.82) is 0 Å². The van der Waals surface area contributed by atoms with Crippen LogP contribution in [0.4, 0.5) is 0 Å². The first-order valence-electron chi connectivity index (χ1n) is 3.97. The van der Waals surface area contributed by atoms with Crippen LogP contribution < -0.4 is 5.73 Å². The molecular weight excluding hydrogens is 110 g/mol. The molecule has 2 N–H and O–H groups in total. The average molecular weight is 125 g/mol. The minimum atomic E-state index is 0.463. The van der Waals surface area contributed by atoms with E-state index in [1.807, 2.05) is 0 Å². The molecule has 3 rings (SSSR count). The average Bonchev–Trinajstić information content (AvgIpc) is 1.58. The molecule has 9 heavy (non-hydrogen) atoms. The van der Waals surface area contributed by atoms with Crippen molar-refractivity contribution in [1.82, 2.24) is 0 Å². The molecule has 1 unspecified atom stereocenters. The molecule has 52 valence electrons. The van der Waals surface area contributed by atoms with Gasteiger partial charge in [0.2, 0.25) is 0 Å². The molecule has 2 bridgehead atoms. The molecule has 0 spiro atoms. The third-order valence-electron chi connectivity index (χ3n) is 3.49. The molecule has 0 amide bonds. The van der Waals surface area contributed by atoms with E-state index in [-0.39, 0.29) is 0 Å². The first kappa shape index (κ1) is 5.72. The molecule has 0 saturated heterocycles. The summed E-state index contributed by atoms with van der Waals surface area (Å²) in [6, 6.07) is 0.463. The largest absolute Gasteiger partial charge is 0.328 e. The number of hydrogen-bond donors (Lipinski definition) is 1. The fourth-order valence-corrected chi connectivity index (χ4v) is 2.64. The smallest absolute Gasteiger partial charge is 0.00442 e. The fourth-order valence-electron chi connectivity index (χ4n) is 2.64. The summed E-state index contributed by atoms with van der Waals surface area (Å²) in [7, 11) is 0. The highest BCUT2D eigenvalue weighted by molar-refractivity contribution is 5.08. The van der Waals surface area contributed by atoms with Gasteiger partial charge in [-0.2, -0.15) is 0 Å². The summed E-state index contributed by atoms with van der Waals surface area (Å²) in [4.78, 5) is 0. The molecule has 0 heterocycles. The Labute approximate surface area is 56.6 Å². The molecule has 0 radical (unpaired) electrons. The summed E-state index contributed by atoms with van der Waals surface area (Å²) >= 11 is 0. The van der Waals surface area contributed by atoms with Crippen LogP contribution in [0.25, 0.3) is 0 Å². The quantitative estimate of drug-likeness (QED) is 0.560. The van der Waals surface area contributed by atoms with Crippen LogP contribution in [0.15, 0.2) is 0 Å². The summed E-state index contributed by atoms with van der Waals surface area (Å²) in [6.07, 6.45) is 1.48. The summed E-state index contributed by atoms with van der Waals surface area (Å²) in [6.45, 7) is 4.51. The van der Waals surface area contributed by atoms with E-state index in [4.69, 9.17) is 5.73 Å². The van der Waals surface area contributed by atoms with Gasteiger partial charge in [0, 0.05) is 6.04 Å². The molecular formula is C8H15N. The lowest BCUT2D eigenvalue weighted by Crippen LogP contribution is -2.63. The molecule has 1 nitrogen and oxygen atoms in total. The van der Waals surface area contributed by atoms with E-state index in [1.165, 1.54) is 6.42 Å². The van der Waals surface area contributed by atoms with Gasteiger partial charge in [-0.1, -0.05) is 6.92 Å². The highest BCUT2D eigenvalue weighted by atomic mass is 14.7. The molecule has 0 aromatic heterocycles. The van der Waals surface area contributed by atoms with Crippen molar-refractivity contribution in [2.45, 2.75) is 26.3 Å². The van der Waals surface area contributed by atoms with Gasteiger partial charge in [-0.25, -0.2) is 0 Å². The van der Waals surface area contributed by atoms with Gasteiger partial charge in [-0.3, -0.25) is 0 Å². The van der Waals surface area contributed by atoms with E-state index < -0.39 is 0 Å². The van der Waals surface area contributed by atoms with Crippen LogP contribution in [0.3, 0.4) is 0 Å². The van der Waals surface area contributed by atoms with Gasteiger partial charge in [0.25, 0.3) is 0 Å². The lowest BCUT2D eigenvalue weighted by molar-refractivity contribution is -0.160. The van der Waals surface area contributed by atoms with Crippen molar-refractivity contribution in [3.8, 4) is 0 Å². The van der Waals surface area contributed by atoms with Gasteiger partial charge in [0.1, 0.15) is 0 Å². The Balaban J connectivity index is 1.95. The van der Waals surface area contributed by atoms with Gasteiger partial charge in [0.15, 0.2) is 0 Å². The Morgan fingerprint density at radius 1 is 1.44 bits per heavy atom. The van der Waals surface area contributed by atoms with Crippen LogP contribution in [0.1, 0.15) is 20.3 Å². The molecule has 0 aliphatic heterocycles. The van der Waals surface area contributed by atoms with E-state index in [2.05, 4.69) is 13.8 Å². The van der Waals surface area contributed by atoms with Crippen LogP contribution >= 0.6 is 0 Å². The van der Waals surface area contributed by atoms with Crippen LogP contribution in [-0.2, 0) is 0 Å². The third kappa shape index (κ3) is 0.493. The second-order valence-corrected chi connectivity index (χ2v) is 3.86. The second kappa shape index (κ2) is 1.51. The first-order chi connectivity index (χ1) is 4.22. The number of rotatable bonds is 1. The predicted molar refractivity (Wildman–Crippen MR) is 37.9 cm³/mol. The Bertz CT molecular complexity index is 121. The normalized spacial score (nSPS) is 57.7. The topological polar surface area (TPSA) is 26.0 Å². The van der Waals surface area contributed by atoms with Crippen molar-refractivity contribution in [3.05, 3.63) is 0 Å². The highest BCUT2D eigenvalue weighted by Crippen LogP contribution is 2.63. The molecule has 1 heteroatoms. The van der Waals surface area contributed by atoms with Gasteiger partial charge >= 0.3 is 0 Å². The van der Waals surface area contributed by atoms with E-state index in [0.29, 0.717) is 6.04 Å². The van der Waals surface area contributed by atoms with Crippen molar-refractivity contribution in [3.63, 3.8) is 0 Å². The lowest BCUT2D eigenvalue weighted by atomic mass is 9.40. The Morgan fingerprint density at radius 2 is 2.00 bits per heavy atom. The molecule has 0 aromatic rings. The van der Waals surface area contributed by atoms with Crippen LogP contribution in [0.5, 0.6) is 0 Å². The second-order valence-electron chi connectivity index (χ2n) is 3.86. The van der Waals surface area contributed by atoms with Gasteiger partial charge < -0.3 is 5.73 Å². The lowest BCUT2D eigenvalue weighted by Gasteiger charge is -2.65. The molecule has 3 saturated carbocycles. The maximum atomic E-state index is 5.78. The maximum absolute atomic E-state index is 5.78. The molecule has 0 aromatic carbocycles. The summed E-state index contributed by atoms with van der Waals surface area (Å²) < 4.78 is 0. The van der Waals surface area contributed by atoms with Crippen molar-refractivity contribution in [2.24, 2.45) is 29.4 Å². The van der Waals surface area contributed by atoms with E-state index in [0.717, 1.165) is 23.7 Å². The Hall–Kier alpha value is -0.0400. The zero-order valence-corrected chi connectivity index (χ0v) is 6.17. The third-order valence-corrected chi connectivity index (χ3v) is 3.49. The molecule has 3 atom stereocenters.